The van der Waals surface area contributed by atoms with Gasteiger partial charge in [-0.2, -0.15) is 0 Å². The molecule has 1 unspecified atom stereocenters. The number of para-hydroxylation sites is 1. The maximum absolute atomic E-state index is 5.94. The Kier molecular flexibility index (Phi) is 4.00. The third-order valence-electron chi connectivity index (χ3n) is 4.01. The van der Waals surface area contributed by atoms with Crippen molar-refractivity contribution in [2.45, 2.75) is 25.8 Å². The highest BCUT2D eigenvalue weighted by Crippen LogP contribution is 2.39. The Balaban J connectivity index is 2.18. The first-order valence-corrected chi connectivity index (χ1v) is 8.24. The van der Waals surface area contributed by atoms with Crippen molar-refractivity contribution in [1.29, 1.82) is 0 Å². The van der Waals surface area contributed by atoms with Crippen LogP contribution in [0, 0.1) is 0 Å². The second-order valence-electron chi connectivity index (χ2n) is 5.41. The molecule has 0 fully saturated rings. The fourth-order valence-electron chi connectivity index (χ4n) is 2.97. The molecule has 4 heteroatoms. The van der Waals surface area contributed by atoms with Crippen LogP contribution in [0.15, 0.2) is 46.9 Å². The van der Waals surface area contributed by atoms with E-state index in [-0.39, 0.29) is 0 Å². The highest BCUT2D eigenvalue weighted by atomic mass is 79.9. The first-order valence-electron chi connectivity index (χ1n) is 7.04. The van der Waals surface area contributed by atoms with Crippen molar-refractivity contribution in [3.63, 3.8) is 0 Å². The molecule has 0 aromatic heterocycles. The lowest BCUT2D eigenvalue weighted by Crippen LogP contribution is -2.34. The van der Waals surface area contributed by atoms with Crippen molar-refractivity contribution in [1.82, 2.24) is 0 Å². The first-order chi connectivity index (χ1) is 10.1. The number of halogens is 1. The second kappa shape index (κ2) is 5.78. The van der Waals surface area contributed by atoms with Crippen LogP contribution < -0.4 is 10.6 Å². The number of hydrogen-bond donors (Lipinski definition) is 1. The minimum atomic E-state index is 0.425. The first kappa shape index (κ1) is 14.5. The van der Waals surface area contributed by atoms with Gasteiger partial charge in [-0.05, 0) is 49.6 Å². The minimum Gasteiger partial charge on any atom is -0.389 e. The fourth-order valence-corrected chi connectivity index (χ4v) is 3.50. The van der Waals surface area contributed by atoms with Crippen LogP contribution in [0.3, 0.4) is 0 Å². The molecule has 0 saturated heterocycles. The summed E-state index contributed by atoms with van der Waals surface area (Å²) in [5, 5.41) is 0. The maximum Gasteiger partial charge on any atom is 0.106 e. The summed E-state index contributed by atoms with van der Waals surface area (Å²) in [4.78, 5) is 2.79. The topological polar surface area (TPSA) is 29.3 Å². The van der Waals surface area contributed by atoms with Crippen LogP contribution in [-0.4, -0.2) is 11.0 Å². The molecule has 0 amide bonds. The van der Waals surface area contributed by atoms with E-state index in [1.54, 1.807) is 0 Å². The molecule has 2 aromatic rings. The van der Waals surface area contributed by atoms with E-state index < -0.39 is 0 Å². The molecule has 0 radical (unpaired) electrons. The molecule has 0 spiro atoms. The number of nitrogens with two attached hydrogens (primary N) is 1. The van der Waals surface area contributed by atoms with Crippen molar-refractivity contribution in [2.75, 3.05) is 4.90 Å². The standard InChI is InChI=1S/C17H17BrN2S/c1-11-6-7-12-4-2-3-5-15(12)20(11)16-9-8-13(18)10-14(16)17(19)21/h2-5,8-11H,6-7H2,1H3,(H2,19,21). The van der Waals surface area contributed by atoms with Gasteiger partial charge in [-0.3, -0.25) is 0 Å². The quantitative estimate of drug-likeness (QED) is 0.796. The molecule has 21 heavy (non-hydrogen) atoms. The Morgan fingerprint density at radius 2 is 2.00 bits per heavy atom. The highest BCUT2D eigenvalue weighted by molar-refractivity contribution is 9.10. The Morgan fingerprint density at radius 3 is 2.76 bits per heavy atom. The van der Waals surface area contributed by atoms with Gasteiger partial charge in [0.1, 0.15) is 4.99 Å². The van der Waals surface area contributed by atoms with E-state index in [1.807, 2.05) is 12.1 Å². The van der Waals surface area contributed by atoms with E-state index in [9.17, 15) is 0 Å². The van der Waals surface area contributed by atoms with Crippen LogP contribution in [0.5, 0.6) is 0 Å². The van der Waals surface area contributed by atoms with Crippen LogP contribution in [0.25, 0.3) is 0 Å². The monoisotopic (exact) mass is 360 g/mol. The summed E-state index contributed by atoms with van der Waals surface area (Å²) in [5.74, 6) is 0. The average Bonchev–Trinajstić information content (AvgIpc) is 2.47. The molecule has 1 aliphatic rings. The van der Waals surface area contributed by atoms with Gasteiger partial charge in [0.25, 0.3) is 0 Å². The molecule has 0 bridgehead atoms. The largest absolute Gasteiger partial charge is 0.389 e. The molecule has 0 aliphatic carbocycles. The molecule has 2 aromatic carbocycles. The van der Waals surface area contributed by atoms with Gasteiger partial charge in [-0.1, -0.05) is 46.3 Å². The number of hydrogen-bond acceptors (Lipinski definition) is 2. The molecule has 1 atom stereocenters. The zero-order chi connectivity index (χ0) is 15.0. The summed E-state index contributed by atoms with van der Waals surface area (Å²) in [6.07, 6.45) is 2.25. The van der Waals surface area contributed by atoms with Crippen molar-refractivity contribution in [3.05, 3.63) is 58.1 Å². The van der Waals surface area contributed by atoms with Crippen molar-refractivity contribution in [3.8, 4) is 0 Å². The van der Waals surface area contributed by atoms with Crippen LogP contribution >= 0.6 is 28.1 Å². The van der Waals surface area contributed by atoms with E-state index in [2.05, 4.69) is 58.1 Å². The molecule has 1 heterocycles. The minimum absolute atomic E-state index is 0.425. The number of nitrogens with zero attached hydrogens (tertiary/aromatic N) is 1. The Bertz CT molecular complexity index is 699. The number of benzene rings is 2. The van der Waals surface area contributed by atoms with Gasteiger partial charge in [0.2, 0.25) is 0 Å². The number of rotatable bonds is 2. The van der Waals surface area contributed by atoms with Crippen molar-refractivity contribution >= 4 is 44.5 Å². The number of aryl methyl sites for hydroxylation is 1. The smallest absolute Gasteiger partial charge is 0.106 e. The van der Waals surface area contributed by atoms with Crippen LogP contribution in [-0.2, 0) is 6.42 Å². The molecule has 0 saturated carbocycles. The molecular weight excluding hydrogens is 344 g/mol. The Labute approximate surface area is 139 Å². The van der Waals surface area contributed by atoms with Crippen molar-refractivity contribution in [2.24, 2.45) is 5.73 Å². The van der Waals surface area contributed by atoms with E-state index >= 15 is 0 Å². The number of thiocarbonyl (C=S) groups is 1. The third-order valence-corrected chi connectivity index (χ3v) is 4.72. The SMILES string of the molecule is CC1CCc2ccccc2N1c1ccc(Br)cc1C(N)=S. The number of fused-ring (bicyclic) bond motifs is 1. The highest BCUT2D eigenvalue weighted by Gasteiger charge is 2.26. The van der Waals surface area contributed by atoms with E-state index in [0.717, 1.165) is 28.6 Å². The summed E-state index contributed by atoms with van der Waals surface area (Å²) >= 11 is 8.75. The van der Waals surface area contributed by atoms with Crippen LogP contribution in [0.4, 0.5) is 11.4 Å². The molecule has 108 valence electrons. The second-order valence-corrected chi connectivity index (χ2v) is 6.77. The summed E-state index contributed by atoms with van der Waals surface area (Å²) in [6.45, 7) is 2.25. The third kappa shape index (κ3) is 2.70. The van der Waals surface area contributed by atoms with Gasteiger partial charge in [0, 0.05) is 21.8 Å². The van der Waals surface area contributed by atoms with Gasteiger partial charge in [0.15, 0.2) is 0 Å². The normalized spacial score (nSPS) is 17.4. The van der Waals surface area contributed by atoms with Gasteiger partial charge in [0.05, 0.1) is 5.69 Å². The van der Waals surface area contributed by atoms with Crippen LogP contribution in [0.1, 0.15) is 24.5 Å². The fraction of sp³-hybridized carbons (Fsp3) is 0.235. The van der Waals surface area contributed by atoms with Crippen molar-refractivity contribution < 1.29 is 0 Å². The summed E-state index contributed by atoms with van der Waals surface area (Å²) in [5.41, 5.74) is 10.6. The number of anilines is 2. The maximum atomic E-state index is 5.94. The predicted molar refractivity (Wildman–Crippen MR) is 96.4 cm³/mol. The lowest BCUT2D eigenvalue weighted by molar-refractivity contribution is 0.618. The molecule has 3 rings (SSSR count). The summed E-state index contributed by atoms with van der Waals surface area (Å²) in [7, 11) is 0. The Morgan fingerprint density at radius 1 is 1.24 bits per heavy atom. The predicted octanol–water partition coefficient (Wildman–Crippen LogP) is 4.56. The molecule has 1 aliphatic heterocycles. The Hall–Kier alpha value is -1.39. The molecular formula is C17H17BrN2S. The molecule has 2 N–H and O–H groups in total. The van der Waals surface area contributed by atoms with Gasteiger partial charge in [-0.25, -0.2) is 0 Å². The average molecular weight is 361 g/mol. The van der Waals surface area contributed by atoms with Gasteiger partial charge in [-0.15, -0.1) is 0 Å². The van der Waals surface area contributed by atoms with E-state index in [1.165, 1.54) is 11.3 Å². The van der Waals surface area contributed by atoms with E-state index in [4.69, 9.17) is 18.0 Å². The van der Waals surface area contributed by atoms with Gasteiger partial charge >= 0.3 is 0 Å². The summed E-state index contributed by atoms with van der Waals surface area (Å²) < 4.78 is 0.993. The lowest BCUT2D eigenvalue weighted by atomic mass is 9.95. The zero-order valence-electron chi connectivity index (χ0n) is 11.8. The van der Waals surface area contributed by atoms with E-state index in [0.29, 0.717) is 11.0 Å². The summed E-state index contributed by atoms with van der Waals surface area (Å²) in [6, 6.07) is 15.1. The molecule has 2 nitrogen and oxygen atoms in total. The van der Waals surface area contributed by atoms with Gasteiger partial charge < -0.3 is 10.6 Å². The van der Waals surface area contributed by atoms with Crippen LogP contribution in [0.2, 0.25) is 0 Å². The lowest BCUT2D eigenvalue weighted by Gasteiger charge is -2.38. The zero-order valence-corrected chi connectivity index (χ0v) is 14.2.